The first-order valence-corrected chi connectivity index (χ1v) is 5.35. The lowest BCUT2D eigenvalue weighted by molar-refractivity contribution is 0.260. The number of nitrogen functional groups attached to an aromatic ring is 1. The Balaban J connectivity index is 2.18. The van der Waals surface area contributed by atoms with Crippen molar-refractivity contribution in [3.05, 3.63) is 5.69 Å². The van der Waals surface area contributed by atoms with Crippen molar-refractivity contribution in [2.24, 2.45) is 5.92 Å². The molecule has 0 aromatic carbocycles. The molecule has 1 heterocycles. The largest absolute Gasteiger partial charge is 0.381 e. The fourth-order valence-corrected chi connectivity index (χ4v) is 2.32. The van der Waals surface area contributed by atoms with Crippen LogP contribution in [0.4, 0.5) is 5.82 Å². The summed E-state index contributed by atoms with van der Waals surface area (Å²) in [5.41, 5.74) is 6.71. The highest BCUT2D eigenvalue weighted by Gasteiger charge is 2.22. The second-order valence-corrected chi connectivity index (χ2v) is 4.43. The highest BCUT2D eigenvalue weighted by atomic mass is 15.5. The smallest absolute Gasteiger partial charge is 0.168 e. The van der Waals surface area contributed by atoms with E-state index in [1.807, 2.05) is 11.6 Å². The molecule has 1 aliphatic carbocycles. The van der Waals surface area contributed by atoms with E-state index in [0.29, 0.717) is 11.9 Å². The summed E-state index contributed by atoms with van der Waals surface area (Å²) in [6.07, 6.45) is 5.07. The fourth-order valence-electron chi connectivity index (χ4n) is 2.32. The molecule has 0 saturated heterocycles. The molecule has 2 atom stereocenters. The summed E-state index contributed by atoms with van der Waals surface area (Å²) in [6.45, 7) is 4.30. The van der Waals surface area contributed by atoms with Crippen LogP contribution in [0.25, 0.3) is 0 Å². The van der Waals surface area contributed by atoms with E-state index < -0.39 is 0 Å². The van der Waals surface area contributed by atoms with Crippen LogP contribution in [-0.4, -0.2) is 15.0 Å². The Morgan fingerprint density at radius 2 is 2.21 bits per heavy atom. The van der Waals surface area contributed by atoms with E-state index >= 15 is 0 Å². The second-order valence-electron chi connectivity index (χ2n) is 4.43. The molecule has 1 fully saturated rings. The van der Waals surface area contributed by atoms with Crippen LogP contribution in [0.2, 0.25) is 0 Å². The lowest BCUT2D eigenvalue weighted by Gasteiger charge is -2.27. The summed E-state index contributed by atoms with van der Waals surface area (Å²) in [5, 5.41) is 8.02. The van der Waals surface area contributed by atoms with Crippen LogP contribution in [0.15, 0.2) is 0 Å². The molecule has 14 heavy (non-hydrogen) atoms. The zero-order valence-electron chi connectivity index (χ0n) is 8.90. The van der Waals surface area contributed by atoms with Crippen LogP contribution in [0.1, 0.15) is 44.3 Å². The van der Waals surface area contributed by atoms with Gasteiger partial charge in [-0.2, -0.15) is 0 Å². The van der Waals surface area contributed by atoms with Crippen molar-refractivity contribution in [3.63, 3.8) is 0 Å². The maximum absolute atomic E-state index is 5.69. The monoisotopic (exact) mass is 194 g/mol. The van der Waals surface area contributed by atoms with Crippen molar-refractivity contribution in [2.75, 3.05) is 5.73 Å². The third-order valence-corrected chi connectivity index (χ3v) is 3.22. The molecule has 2 rings (SSSR count). The van der Waals surface area contributed by atoms with Gasteiger partial charge in [-0.15, -0.1) is 5.10 Å². The van der Waals surface area contributed by atoms with Crippen molar-refractivity contribution >= 4 is 5.82 Å². The molecule has 0 aliphatic heterocycles. The van der Waals surface area contributed by atoms with Gasteiger partial charge in [0.05, 0.1) is 11.7 Å². The van der Waals surface area contributed by atoms with Gasteiger partial charge in [0.2, 0.25) is 0 Å². The summed E-state index contributed by atoms with van der Waals surface area (Å²) in [6, 6.07) is 0.517. The maximum Gasteiger partial charge on any atom is 0.168 e. The standard InChI is InChI=1S/C10H18N4/c1-7-4-3-5-9(6-7)14-8(2)10(11)12-13-14/h7,9H,3-6,11H2,1-2H3. The minimum absolute atomic E-state index is 0.517. The van der Waals surface area contributed by atoms with Crippen LogP contribution >= 0.6 is 0 Å². The average molecular weight is 194 g/mol. The van der Waals surface area contributed by atoms with Gasteiger partial charge in [0.1, 0.15) is 0 Å². The molecule has 1 aromatic heterocycles. The van der Waals surface area contributed by atoms with Crippen molar-refractivity contribution in [2.45, 2.75) is 45.6 Å². The fraction of sp³-hybridized carbons (Fsp3) is 0.800. The van der Waals surface area contributed by atoms with E-state index in [1.54, 1.807) is 0 Å². The molecule has 0 bridgehead atoms. The maximum atomic E-state index is 5.69. The molecular formula is C10H18N4. The molecule has 1 saturated carbocycles. The third kappa shape index (κ3) is 1.61. The van der Waals surface area contributed by atoms with Gasteiger partial charge in [-0.05, 0) is 25.7 Å². The van der Waals surface area contributed by atoms with Gasteiger partial charge >= 0.3 is 0 Å². The van der Waals surface area contributed by atoms with E-state index in [9.17, 15) is 0 Å². The summed E-state index contributed by atoms with van der Waals surface area (Å²) in [5.74, 6) is 1.38. The molecule has 4 nitrogen and oxygen atoms in total. The normalized spacial score (nSPS) is 27.9. The van der Waals surface area contributed by atoms with Gasteiger partial charge in [0.25, 0.3) is 0 Å². The highest BCUT2D eigenvalue weighted by molar-refractivity contribution is 5.31. The van der Waals surface area contributed by atoms with Crippen LogP contribution < -0.4 is 5.73 Å². The molecule has 0 amide bonds. The van der Waals surface area contributed by atoms with Gasteiger partial charge in [-0.1, -0.05) is 25.0 Å². The molecule has 0 spiro atoms. The minimum Gasteiger partial charge on any atom is -0.381 e. The van der Waals surface area contributed by atoms with Crippen LogP contribution in [0, 0.1) is 12.8 Å². The molecule has 4 heteroatoms. The Morgan fingerprint density at radius 3 is 2.79 bits per heavy atom. The number of nitrogens with zero attached hydrogens (tertiary/aromatic N) is 3. The van der Waals surface area contributed by atoms with Crippen molar-refractivity contribution < 1.29 is 0 Å². The molecule has 1 aliphatic rings. The Kier molecular flexibility index (Phi) is 2.44. The van der Waals surface area contributed by atoms with Gasteiger partial charge in [-0.3, -0.25) is 0 Å². The zero-order valence-corrected chi connectivity index (χ0v) is 8.90. The lowest BCUT2D eigenvalue weighted by Crippen LogP contribution is -2.19. The van der Waals surface area contributed by atoms with Crippen LogP contribution in [0.3, 0.4) is 0 Å². The molecule has 2 N–H and O–H groups in total. The Hall–Kier alpha value is -1.06. The topological polar surface area (TPSA) is 56.7 Å². The Bertz CT molecular complexity index is 318. The predicted octanol–water partition coefficient (Wildman–Crippen LogP) is 1.92. The lowest BCUT2D eigenvalue weighted by atomic mass is 9.87. The van der Waals surface area contributed by atoms with E-state index in [4.69, 9.17) is 5.73 Å². The first-order chi connectivity index (χ1) is 6.68. The predicted molar refractivity (Wildman–Crippen MR) is 55.8 cm³/mol. The van der Waals surface area contributed by atoms with E-state index in [-0.39, 0.29) is 0 Å². The highest BCUT2D eigenvalue weighted by Crippen LogP contribution is 2.32. The number of nitrogens with two attached hydrogens (primary N) is 1. The summed E-state index contributed by atoms with van der Waals surface area (Å²) < 4.78 is 2.00. The number of aromatic nitrogens is 3. The number of anilines is 1. The number of hydrogen-bond acceptors (Lipinski definition) is 3. The van der Waals surface area contributed by atoms with Crippen molar-refractivity contribution in [3.8, 4) is 0 Å². The SMILES string of the molecule is Cc1c(N)nnn1C1CCCC(C)C1. The quantitative estimate of drug-likeness (QED) is 0.743. The third-order valence-electron chi connectivity index (χ3n) is 3.22. The molecular weight excluding hydrogens is 176 g/mol. The summed E-state index contributed by atoms with van der Waals surface area (Å²) in [4.78, 5) is 0. The van der Waals surface area contributed by atoms with Crippen LogP contribution in [0.5, 0.6) is 0 Å². The minimum atomic E-state index is 0.517. The molecule has 1 aromatic rings. The van der Waals surface area contributed by atoms with Crippen molar-refractivity contribution in [1.29, 1.82) is 0 Å². The average Bonchev–Trinajstić information content (AvgIpc) is 2.48. The van der Waals surface area contributed by atoms with E-state index in [2.05, 4.69) is 17.2 Å². The second kappa shape index (κ2) is 3.59. The first kappa shape index (κ1) is 9.49. The van der Waals surface area contributed by atoms with E-state index in [1.165, 1.54) is 25.7 Å². The number of rotatable bonds is 1. The number of hydrogen-bond donors (Lipinski definition) is 1. The molecule has 0 radical (unpaired) electrons. The zero-order chi connectivity index (χ0) is 10.1. The first-order valence-electron chi connectivity index (χ1n) is 5.35. The van der Waals surface area contributed by atoms with Gasteiger partial charge in [-0.25, -0.2) is 4.68 Å². The van der Waals surface area contributed by atoms with Gasteiger partial charge in [0.15, 0.2) is 5.82 Å². The van der Waals surface area contributed by atoms with Gasteiger partial charge < -0.3 is 5.73 Å². The molecule has 78 valence electrons. The Morgan fingerprint density at radius 1 is 1.43 bits per heavy atom. The summed E-state index contributed by atoms with van der Waals surface area (Å²) >= 11 is 0. The van der Waals surface area contributed by atoms with Crippen molar-refractivity contribution in [1.82, 2.24) is 15.0 Å². The van der Waals surface area contributed by atoms with Gasteiger partial charge in [0, 0.05) is 0 Å². The molecule has 2 unspecified atom stereocenters. The Labute approximate surface area is 84.5 Å². The van der Waals surface area contributed by atoms with E-state index in [0.717, 1.165) is 11.6 Å². The van der Waals surface area contributed by atoms with Crippen LogP contribution in [-0.2, 0) is 0 Å². The summed E-state index contributed by atoms with van der Waals surface area (Å²) in [7, 11) is 0.